The molecule has 14 heavy (non-hydrogen) atoms. The average molecular weight is 193 g/mol. The third-order valence-electron chi connectivity index (χ3n) is 2.36. The van der Waals surface area contributed by atoms with Crippen LogP contribution in [-0.2, 0) is 4.74 Å². The molecule has 1 atom stereocenters. The Morgan fingerprint density at radius 1 is 1.57 bits per heavy atom. The molecule has 0 N–H and O–H groups in total. The van der Waals surface area contributed by atoms with Crippen LogP contribution in [0.1, 0.15) is 42.2 Å². The van der Waals surface area contributed by atoms with E-state index >= 15 is 0 Å². The summed E-state index contributed by atoms with van der Waals surface area (Å²) in [6.07, 6.45) is 2.81. The molecule has 0 saturated carbocycles. The predicted octanol–water partition coefficient (Wildman–Crippen LogP) is 2.38. The van der Waals surface area contributed by atoms with Crippen molar-refractivity contribution in [1.82, 2.24) is 4.98 Å². The fourth-order valence-electron chi connectivity index (χ4n) is 1.16. The highest BCUT2D eigenvalue weighted by Gasteiger charge is 2.08. The molecular weight excluding hydrogens is 178 g/mol. The highest BCUT2D eigenvalue weighted by molar-refractivity contribution is 5.86. The van der Waals surface area contributed by atoms with Crippen molar-refractivity contribution in [2.45, 2.75) is 26.2 Å². The second-order valence-corrected chi connectivity index (χ2v) is 3.28. The summed E-state index contributed by atoms with van der Waals surface area (Å²) in [6, 6.07) is 3.63. The number of pyridine rings is 1. The molecule has 0 aliphatic carbocycles. The minimum absolute atomic E-state index is 0.361. The zero-order valence-corrected chi connectivity index (χ0v) is 8.78. The van der Waals surface area contributed by atoms with E-state index in [1.807, 2.05) is 6.07 Å². The zero-order chi connectivity index (χ0) is 10.6. The van der Waals surface area contributed by atoms with E-state index < -0.39 is 0 Å². The summed E-state index contributed by atoms with van der Waals surface area (Å²) >= 11 is 0. The molecule has 0 spiro atoms. The number of hydrogen-bond donors (Lipinski definition) is 0. The Hall–Kier alpha value is -1.38. The summed E-state index contributed by atoms with van der Waals surface area (Å²) in [5.41, 5.74) is 1.51. The summed E-state index contributed by atoms with van der Waals surface area (Å²) in [5, 5.41) is 0. The number of esters is 1. The van der Waals surface area contributed by atoms with Gasteiger partial charge < -0.3 is 4.74 Å². The second-order valence-electron chi connectivity index (χ2n) is 3.28. The van der Waals surface area contributed by atoms with Crippen LogP contribution in [0.5, 0.6) is 0 Å². The van der Waals surface area contributed by atoms with Crippen molar-refractivity contribution in [3.8, 4) is 0 Å². The molecule has 1 aromatic rings. The maximum absolute atomic E-state index is 11.1. The van der Waals surface area contributed by atoms with E-state index in [0.717, 1.165) is 12.0 Å². The number of ether oxygens (including phenoxy) is 1. The molecule has 0 aromatic carbocycles. The van der Waals surface area contributed by atoms with Gasteiger partial charge >= 0.3 is 5.97 Å². The van der Waals surface area contributed by atoms with Crippen molar-refractivity contribution in [3.63, 3.8) is 0 Å². The van der Waals surface area contributed by atoms with Crippen LogP contribution in [0.3, 0.4) is 0 Å². The molecular formula is C11H15NO2. The largest absolute Gasteiger partial charge is 0.464 e. The Morgan fingerprint density at radius 3 is 2.71 bits per heavy atom. The van der Waals surface area contributed by atoms with E-state index in [2.05, 4.69) is 23.6 Å². The predicted molar refractivity (Wildman–Crippen MR) is 54.3 cm³/mol. The number of nitrogens with zero attached hydrogens (tertiary/aromatic N) is 1. The Kier molecular flexibility index (Phi) is 3.63. The summed E-state index contributed by atoms with van der Waals surface area (Å²) in [7, 11) is 1.35. The number of carbonyl (C=O) groups is 1. The van der Waals surface area contributed by atoms with Crippen LogP contribution in [0.2, 0.25) is 0 Å². The fourth-order valence-corrected chi connectivity index (χ4v) is 1.16. The van der Waals surface area contributed by atoms with Crippen molar-refractivity contribution in [2.75, 3.05) is 7.11 Å². The van der Waals surface area contributed by atoms with Gasteiger partial charge in [-0.2, -0.15) is 0 Å². The standard InChI is InChI=1S/C11H15NO2/c1-4-8(2)9-5-6-10(12-7-9)11(13)14-3/h5-8H,4H2,1-3H3. The van der Waals surface area contributed by atoms with E-state index in [4.69, 9.17) is 0 Å². The van der Waals surface area contributed by atoms with Gasteiger partial charge in [0.05, 0.1) is 7.11 Å². The van der Waals surface area contributed by atoms with E-state index in [9.17, 15) is 4.79 Å². The third kappa shape index (κ3) is 2.31. The van der Waals surface area contributed by atoms with Gasteiger partial charge in [-0.15, -0.1) is 0 Å². The molecule has 0 aliphatic heterocycles. The summed E-state index contributed by atoms with van der Waals surface area (Å²) in [4.78, 5) is 15.1. The Balaban J connectivity index is 2.83. The lowest BCUT2D eigenvalue weighted by Crippen LogP contribution is -2.04. The average Bonchev–Trinajstić information content (AvgIpc) is 2.27. The van der Waals surface area contributed by atoms with E-state index in [-0.39, 0.29) is 5.97 Å². The molecule has 1 rings (SSSR count). The topological polar surface area (TPSA) is 39.2 Å². The number of carbonyl (C=O) groups excluding carboxylic acids is 1. The van der Waals surface area contributed by atoms with Crippen molar-refractivity contribution in [3.05, 3.63) is 29.6 Å². The van der Waals surface area contributed by atoms with Gasteiger partial charge in [0.2, 0.25) is 0 Å². The SMILES string of the molecule is CCC(C)c1ccc(C(=O)OC)nc1. The zero-order valence-electron chi connectivity index (χ0n) is 8.78. The van der Waals surface area contributed by atoms with Crippen LogP contribution in [0.4, 0.5) is 0 Å². The smallest absolute Gasteiger partial charge is 0.356 e. The van der Waals surface area contributed by atoms with Gasteiger partial charge in [0, 0.05) is 6.20 Å². The van der Waals surface area contributed by atoms with Crippen molar-refractivity contribution >= 4 is 5.97 Å². The quantitative estimate of drug-likeness (QED) is 0.692. The van der Waals surface area contributed by atoms with Crippen LogP contribution in [0, 0.1) is 0 Å². The number of methoxy groups -OCH3 is 1. The van der Waals surface area contributed by atoms with Crippen molar-refractivity contribution in [1.29, 1.82) is 0 Å². The third-order valence-corrected chi connectivity index (χ3v) is 2.36. The van der Waals surface area contributed by atoms with Crippen LogP contribution < -0.4 is 0 Å². The van der Waals surface area contributed by atoms with Crippen LogP contribution >= 0.6 is 0 Å². The molecule has 76 valence electrons. The molecule has 0 amide bonds. The number of aromatic nitrogens is 1. The molecule has 0 saturated heterocycles. The first kappa shape index (κ1) is 10.7. The molecule has 0 bridgehead atoms. The van der Waals surface area contributed by atoms with Crippen molar-refractivity contribution < 1.29 is 9.53 Å². The monoisotopic (exact) mass is 193 g/mol. The van der Waals surface area contributed by atoms with E-state index in [1.165, 1.54) is 7.11 Å². The van der Waals surface area contributed by atoms with Crippen LogP contribution in [0.25, 0.3) is 0 Å². The molecule has 3 nitrogen and oxygen atoms in total. The molecule has 3 heteroatoms. The Labute approximate surface area is 84.1 Å². The molecule has 1 aromatic heterocycles. The maximum Gasteiger partial charge on any atom is 0.356 e. The lowest BCUT2D eigenvalue weighted by Gasteiger charge is -2.07. The lowest BCUT2D eigenvalue weighted by atomic mass is 10.0. The molecule has 0 radical (unpaired) electrons. The molecule has 1 heterocycles. The number of rotatable bonds is 3. The molecule has 0 fully saturated rings. The first-order chi connectivity index (χ1) is 6.69. The lowest BCUT2D eigenvalue weighted by molar-refractivity contribution is 0.0594. The summed E-state index contributed by atoms with van der Waals surface area (Å²) < 4.78 is 4.56. The first-order valence-corrected chi connectivity index (χ1v) is 4.73. The van der Waals surface area contributed by atoms with Gasteiger partial charge in [0.25, 0.3) is 0 Å². The minimum atomic E-state index is -0.388. The van der Waals surface area contributed by atoms with Gasteiger partial charge in [0.1, 0.15) is 5.69 Å². The molecule has 0 aliphatic rings. The van der Waals surface area contributed by atoms with E-state index in [1.54, 1.807) is 12.3 Å². The van der Waals surface area contributed by atoms with Gasteiger partial charge in [-0.05, 0) is 24.0 Å². The minimum Gasteiger partial charge on any atom is -0.464 e. The van der Waals surface area contributed by atoms with Gasteiger partial charge in [-0.1, -0.05) is 19.9 Å². The van der Waals surface area contributed by atoms with Gasteiger partial charge in [0.15, 0.2) is 0 Å². The fraction of sp³-hybridized carbons (Fsp3) is 0.455. The highest BCUT2D eigenvalue weighted by Crippen LogP contribution is 2.17. The van der Waals surface area contributed by atoms with Crippen molar-refractivity contribution in [2.24, 2.45) is 0 Å². The van der Waals surface area contributed by atoms with Gasteiger partial charge in [-0.25, -0.2) is 9.78 Å². The summed E-state index contributed by atoms with van der Waals surface area (Å²) in [5.74, 6) is 0.0925. The second kappa shape index (κ2) is 4.74. The summed E-state index contributed by atoms with van der Waals surface area (Å²) in [6.45, 7) is 4.26. The Morgan fingerprint density at radius 2 is 2.29 bits per heavy atom. The normalized spacial score (nSPS) is 12.2. The van der Waals surface area contributed by atoms with E-state index in [0.29, 0.717) is 11.6 Å². The first-order valence-electron chi connectivity index (χ1n) is 4.73. The highest BCUT2D eigenvalue weighted by atomic mass is 16.5. The molecule has 1 unspecified atom stereocenters. The van der Waals surface area contributed by atoms with Crippen LogP contribution in [-0.4, -0.2) is 18.1 Å². The number of hydrogen-bond acceptors (Lipinski definition) is 3. The van der Waals surface area contributed by atoms with Gasteiger partial charge in [-0.3, -0.25) is 0 Å². The Bertz CT molecular complexity index is 306. The van der Waals surface area contributed by atoms with Crippen LogP contribution in [0.15, 0.2) is 18.3 Å². The maximum atomic E-state index is 11.1.